The third-order valence-electron chi connectivity index (χ3n) is 2.12. The average molecular weight is 188 g/mol. The second kappa shape index (κ2) is 3.68. The first kappa shape index (κ1) is 9.03. The van der Waals surface area contributed by atoms with Gasteiger partial charge in [-0.15, -0.1) is 0 Å². The molecule has 0 saturated carbocycles. The van der Waals surface area contributed by atoms with Crippen LogP contribution in [-0.4, -0.2) is 11.4 Å². The number of aliphatic hydroxyl groups excluding tert-OH is 1. The maximum absolute atomic E-state index is 9.61. The molecule has 0 aromatic heterocycles. The Morgan fingerprint density at radius 1 is 1.36 bits per heavy atom. The molecular formula is C12H12O2. The second-order valence-corrected chi connectivity index (χ2v) is 3.15. The predicted octanol–water partition coefficient (Wildman–Crippen LogP) is 2.36. The molecule has 2 heteroatoms. The van der Waals surface area contributed by atoms with Crippen molar-refractivity contribution in [3.63, 3.8) is 0 Å². The van der Waals surface area contributed by atoms with Gasteiger partial charge in [0.2, 0.25) is 6.29 Å². The SMILES string of the molecule is C/C=C/C1=Cc2ccccc2OC1O. The van der Waals surface area contributed by atoms with Gasteiger partial charge in [-0.3, -0.25) is 0 Å². The van der Waals surface area contributed by atoms with E-state index in [0.29, 0.717) is 0 Å². The summed E-state index contributed by atoms with van der Waals surface area (Å²) in [6, 6.07) is 7.65. The van der Waals surface area contributed by atoms with E-state index >= 15 is 0 Å². The highest BCUT2D eigenvalue weighted by atomic mass is 16.6. The normalized spacial score (nSPS) is 20.1. The van der Waals surface area contributed by atoms with E-state index in [0.717, 1.165) is 16.9 Å². The van der Waals surface area contributed by atoms with Crippen LogP contribution in [0.25, 0.3) is 6.08 Å². The summed E-state index contributed by atoms with van der Waals surface area (Å²) in [7, 11) is 0. The summed E-state index contributed by atoms with van der Waals surface area (Å²) in [6.07, 6.45) is 4.82. The molecule has 1 atom stereocenters. The van der Waals surface area contributed by atoms with Crippen LogP contribution in [0.5, 0.6) is 5.75 Å². The number of ether oxygens (including phenoxy) is 1. The lowest BCUT2D eigenvalue weighted by molar-refractivity contribution is 0.0158. The Morgan fingerprint density at radius 2 is 2.14 bits per heavy atom. The van der Waals surface area contributed by atoms with Crippen molar-refractivity contribution in [2.45, 2.75) is 13.2 Å². The van der Waals surface area contributed by atoms with Gasteiger partial charge < -0.3 is 9.84 Å². The van der Waals surface area contributed by atoms with Crippen LogP contribution in [0.4, 0.5) is 0 Å². The van der Waals surface area contributed by atoms with Gasteiger partial charge in [0.15, 0.2) is 0 Å². The fraction of sp³-hybridized carbons (Fsp3) is 0.167. The quantitative estimate of drug-likeness (QED) is 0.733. The minimum Gasteiger partial charge on any atom is -0.460 e. The first-order chi connectivity index (χ1) is 6.81. The fourth-order valence-electron chi connectivity index (χ4n) is 1.47. The Labute approximate surface area is 83.1 Å². The van der Waals surface area contributed by atoms with E-state index in [1.165, 1.54) is 0 Å². The van der Waals surface area contributed by atoms with Crippen LogP contribution < -0.4 is 4.74 Å². The van der Waals surface area contributed by atoms with E-state index in [9.17, 15) is 5.11 Å². The van der Waals surface area contributed by atoms with Crippen LogP contribution in [0.15, 0.2) is 42.0 Å². The highest BCUT2D eigenvalue weighted by Crippen LogP contribution is 2.28. The van der Waals surface area contributed by atoms with Crippen molar-refractivity contribution in [1.82, 2.24) is 0 Å². The minimum absolute atomic E-state index is 0.730. The predicted molar refractivity (Wildman–Crippen MR) is 55.9 cm³/mol. The van der Waals surface area contributed by atoms with E-state index in [1.54, 1.807) is 0 Å². The van der Waals surface area contributed by atoms with E-state index in [4.69, 9.17) is 4.74 Å². The van der Waals surface area contributed by atoms with Crippen molar-refractivity contribution >= 4 is 6.08 Å². The number of benzene rings is 1. The average Bonchev–Trinajstić information content (AvgIpc) is 2.19. The number of allylic oxidation sites excluding steroid dienone is 1. The van der Waals surface area contributed by atoms with E-state index in [1.807, 2.05) is 49.4 Å². The van der Waals surface area contributed by atoms with Crippen molar-refractivity contribution in [2.24, 2.45) is 0 Å². The zero-order valence-corrected chi connectivity index (χ0v) is 7.97. The molecule has 1 heterocycles. The zero-order valence-electron chi connectivity index (χ0n) is 7.97. The van der Waals surface area contributed by atoms with Crippen molar-refractivity contribution in [1.29, 1.82) is 0 Å². The Kier molecular flexibility index (Phi) is 2.37. The topological polar surface area (TPSA) is 29.5 Å². The Bertz CT molecular complexity index is 391. The van der Waals surface area contributed by atoms with Gasteiger partial charge in [-0.25, -0.2) is 0 Å². The smallest absolute Gasteiger partial charge is 0.224 e. The molecule has 0 fully saturated rings. The van der Waals surface area contributed by atoms with Crippen LogP contribution in [0.2, 0.25) is 0 Å². The van der Waals surface area contributed by atoms with Gasteiger partial charge in [0.25, 0.3) is 0 Å². The molecule has 72 valence electrons. The van der Waals surface area contributed by atoms with Crippen LogP contribution in [0.1, 0.15) is 12.5 Å². The molecule has 0 radical (unpaired) electrons. The molecule has 1 aliphatic heterocycles. The summed E-state index contributed by atoms with van der Waals surface area (Å²) in [4.78, 5) is 0. The number of aliphatic hydroxyl groups is 1. The summed E-state index contributed by atoms with van der Waals surface area (Å²) in [6.45, 7) is 1.91. The summed E-state index contributed by atoms with van der Waals surface area (Å²) in [5.74, 6) is 0.730. The number of rotatable bonds is 1. The van der Waals surface area contributed by atoms with Crippen molar-refractivity contribution in [3.05, 3.63) is 47.6 Å². The van der Waals surface area contributed by atoms with Gasteiger partial charge >= 0.3 is 0 Å². The maximum Gasteiger partial charge on any atom is 0.224 e. The Hall–Kier alpha value is -1.54. The lowest BCUT2D eigenvalue weighted by Crippen LogP contribution is -2.20. The van der Waals surface area contributed by atoms with Gasteiger partial charge in [-0.1, -0.05) is 30.4 Å². The van der Waals surface area contributed by atoms with Gasteiger partial charge in [0, 0.05) is 11.1 Å². The van der Waals surface area contributed by atoms with Crippen LogP contribution >= 0.6 is 0 Å². The molecule has 1 unspecified atom stereocenters. The third-order valence-corrected chi connectivity index (χ3v) is 2.12. The number of para-hydroxylation sites is 1. The molecule has 0 aliphatic carbocycles. The largest absolute Gasteiger partial charge is 0.460 e. The monoisotopic (exact) mass is 188 g/mol. The summed E-state index contributed by atoms with van der Waals surface area (Å²) >= 11 is 0. The number of hydrogen-bond donors (Lipinski definition) is 1. The minimum atomic E-state index is -0.846. The van der Waals surface area contributed by atoms with E-state index < -0.39 is 6.29 Å². The van der Waals surface area contributed by atoms with Gasteiger partial charge in [-0.05, 0) is 19.1 Å². The third kappa shape index (κ3) is 1.56. The standard InChI is InChI=1S/C12H12O2/c1-2-5-10-8-9-6-3-4-7-11(9)14-12(10)13/h2-8,12-13H,1H3/b5-2+. The van der Waals surface area contributed by atoms with E-state index in [-0.39, 0.29) is 0 Å². The molecule has 0 bridgehead atoms. The van der Waals surface area contributed by atoms with Gasteiger partial charge in [-0.2, -0.15) is 0 Å². The second-order valence-electron chi connectivity index (χ2n) is 3.15. The summed E-state index contributed by atoms with van der Waals surface area (Å²) in [5, 5.41) is 9.61. The first-order valence-corrected chi connectivity index (χ1v) is 4.59. The molecule has 2 nitrogen and oxygen atoms in total. The summed E-state index contributed by atoms with van der Waals surface area (Å²) in [5.41, 5.74) is 1.79. The Morgan fingerprint density at radius 3 is 2.93 bits per heavy atom. The van der Waals surface area contributed by atoms with Crippen LogP contribution in [0.3, 0.4) is 0 Å². The molecule has 0 spiro atoms. The summed E-state index contributed by atoms with van der Waals surface area (Å²) < 4.78 is 5.33. The molecule has 14 heavy (non-hydrogen) atoms. The molecule has 2 rings (SSSR count). The molecule has 1 aromatic carbocycles. The van der Waals surface area contributed by atoms with Crippen molar-refractivity contribution in [2.75, 3.05) is 0 Å². The maximum atomic E-state index is 9.61. The number of hydrogen-bond acceptors (Lipinski definition) is 2. The lowest BCUT2D eigenvalue weighted by Gasteiger charge is -2.21. The Balaban J connectivity index is 2.43. The first-order valence-electron chi connectivity index (χ1n) is 4.59. The van der Waals surface area contributed by atoms with Crippen LogP contribution in [-0.2, 0) is 0 Å². The molecule has 0 saturated heterocycles. The van der Waals surface area contributed by atoms with E-state index in [2.05, 4.69) is 0 Å². The fourth-order valence-corrected chi connectivity index (χ4v) is 1.47. The highest BCUT2D eigenvalue weighted by Gasteiger charge is 2.17. The van der Waals surface area contributed by atoms with Gasteiger partial charge in [0.05, 0.1) is 0 Å². The molecule has 1 aromatic rings. The number of fused-ring (bicyclic) bond motifs is 1. The van der Waals surface area contributed by atoms with Crippen molar-refractivity contribution in [3.8, 4) is 5.75 Å². The van der Waals surface area contributed by atoms with Crippen molar-refractivity contribution < 1.29 is 9.84 Å². The molecule has 0 amide bonds. The zero-order chi connectivity index (χ0) is 9.97. The molecular weight excluding hydrogens is 176 g/mol. The van der Waals surface area contributed by atoms with Crippen LogP contribution in [0, 0.1) is 0 Å². The van der Waals surface area contributed by atoms with Gasteiger partial charge in [0.1, 0.15) is 5.75 Å². The molecule has 1 aliphatic rings. The lowest BCUT2D eigenvalue weighted by atomic mass is 10.1. The molecule has 1 N–H and O–H groups in total. The highest BCUT2D eigenvalue weighted by molar-refractivity contribution is 5.64.